The van der Waals surface area contributed by atoms with Crippen molar-refractivity contribution in [3.05, 3.63) is 35.4 Å². The number of methoxy groups -OCH3 is 1. The Morgan fingerprint density at radius 1 is 1.21 bits per heavy atom. The monoisotopic (exact) mass is 263 g/mol. The summed E-state index contributed by atoms with van der Waals surface area (Å²) in [5.74, 6) is -1.13. The number of hydrogen-bond donors (Lipinski definition) is 0. The summed E-state index contributed by atoms with van der Waals surface area (Å²) in [6.45, 7) is 0.0282. The van der Waals surface area contributed by atoms with Crippen LogP contribution < -0.4 is 0 Å². The van der Waals surface area contributed by atoms with Gasteiger partial charge in [-0.25, -0.2) is 4.79 Å². The molecule has 0 N–H and O–H groups in total. The van der Waals surface area contributed by atoms with E-state index in [-0.39, 0.29) is 31.6 Å². The van der Waals surface area contributed by atoms with E-state index in [1.807, 2.05) is 0 Å². The minimum Gasteiger partial charge on any atom is -0.465 e. The summed E-state index contributed by atoms with van der Waals surface area (Å²) in [7, 11) is 1.31. The molecule has 2 rings (SSSR count). The molecule has 0 atom stereocenters. The van der Waals surface area contributed by atoms with Gasteiger partial charge in [0.15, 0.2) is 0 Å². The van der Waals surface area contributed by atoms with Crippen molar-refractivity contribution in [2.45, 2.75) is 6.54 Å². The van der Waals surface area contributed by atoms with Gasteiger partial charge in [-0.1, -0.05) is 12.1 Å². The Bertz CT molecular complexity index is 492. The average molecular weight is 263 g/mol. The van der Waals surface area contributed by atoms with Crippen LogP contribution in [0.3, 0.4) is 0 Å². The van der Waals surface area contributed by atoms with Gasteiger partial charge in [0.05, 0.1) is 19.2 Å². The van der Waals surface area contributed by atoms with E-state index >= 15 is 0 Å². The van der Waals surface area contributed by atoms with Crippen molar-refractivity contribution in [3.63, 3.8) is 0 Å². The van der Waals surface area contributed by atoms with Gasteiger partial charge in [-0.3, -0.25) is 14.5 Å². The Hall–Kier alpha value is -2.21. The summed E-state index contributed by atoms with van der Waals surface area (Å²) in [4.78, 5) is 35.5. The molecule has 1 aliphatic rings. The fourth-order valence-electron chi connectivity index (χ4n) is 1.74. The van der Waals surface area contributed by atoms with Crippen molar-refractivity contribution in [2.24, 2.45) is 0 Å². The number of amides is 2. The van der Waals surface area contributed by atoms with Crippen molar-refractivity contribution in [1.29, 1.82) is 0 Å². The molecule has 0 aliphatic carbocycles. The summed E-state index contributed by atoms with van der Waals surface area (Å²) < 4.78 is 9.41. The molecular formula is C13H13NO5. The minimum atomic E-state index is -0.426. The standard InChI is InChI=1S/C13H13NO5/c1-18-13(17)10-4-2-9(3-5-10)6-14-11(15)7-19-8-12(14)16/h2-5H,6-8H2,1H3. The van der Waals surface area contributed by atoms with Crippen LogP contribution in [0, 0.1) is 0 Å². The third kappa shape index (κ3) is 2.97. The highest BCUT2D eigenvalue weighted by Crippen LogP contribution is 2.11. The van der Waals surface area contributed by atoms with Crippen molar-refractivity contribution in [2.75, 3.05) is 20.3 Å². The molecule has 0 bridgehead atoms. The maximum absolute atomic E-state index is 11.5. The number of esters is 1. The smallest absolute Gasteiger partial charge is 0.337 e. The highest BCUT2D eigenvalue weighted by atomic mass is 16.5. The van der Waals surface area contributed by atoms with Gasteiger partial charge < -0.3 is 9.47 Å². The molecule has 1 fully saturated rings. The molecule has 0 unspecified atom stereocenters. The minimum absolute atomic E-state index is 0.0774. The molecule has 0 aromatic heterocycles. The molecule has 1 aromatic carbocycles. The lowest BCUT2D eigenvalue weighted by molar-refractivity contribution is -0.159. The Morgan fingerprint density at radius 2 is 1.79 bits per heavy atom. The van der Waals surface area contributed by atoms with Gasteiger partial charge in [-0.15, -0.1) is 0 Å². The van der Waals surface area contributed by atoms with Crippen molar-refractivity contribution < 1.29 is 23.9 Å². The van der Waals surface area contributed by atoms with Crippen molar-refractivity contribution >= 4 is 17.8 Å². The molecule has 19 heavy (non-hydrogen) atoms. The first-order valence-corrected chi connectivity index (χ1v) is 5.70. The highest BCUT2D eigenvalue weighted by Gasteiger charge is 2.26. The zero-order chi connectivity index (χ0) is 13.8. The molecule has 6 nitrogen and oxygen atoms in total. The predicted molar refractivity (Wildman–Crippen MR) is 64.2 cm³/mol. The van der Waals surface area contributed by atoms with Crippen LogP contribution in [0.1, 0.15) is 15.9 Å². The number of benzene rings is 1. The van der Waals surface area contributed by atoms with E-state index in [2.05, 4.69) is 4.74 Å². The van der Waals surface area contributed by atoms with Crippen LogP contribution in [0.4, 0.5) is 0 Å². The van der Waals surface area contributed by atoms with Crippen LogP contribution in [-0.2, 0) is 25.6 Å². The van der Waals surface area contributed by atoms with Gasteiger partial charge in [-0.2, -0.15) is 0 Å². The summed E-state index contributed by atoms with van der Waals surface area (Å²) in [5.41, 5.74) is 1.18. The summed E-state index contributed by atoms with van der Waals surface area (Å²) >= 11 is 0. The number of carbonyl (C=O) groups is 3. The highest BCUT2D eigenvalue weighted by molar-refractivity contribution is 5.98. The molecule has 2 amide bonds. The molecule has 1 heterocycles. The molecule has 100 valence electrons. The Balaban J connectivity index is 2.08. The first-order chi connectivity index (χ1) is 9.11. The number of carbonyl (C=O) groups excluding carboxylic acids is 3. The maximum Gasteiger partial charge on any atom is 0.337 e. The van der Waals surface area contributed by atoms with Crippen molar-refractivity contribution in [1.82, 2.24) is 4.90 Å². The normalized spacial score (nSPS) is 15.5. The maximum atomic E-state index is 11.5. The molecular weight excluding hydrogens is 250 g/mol. The average Bonchev–Trinajstić information content (AvgIpc) is 2.43. The summed E-state index contributed by atoms with van der Waals surface area (Å²) in [6, 6.07) is 6.55. The van der Waals surface area contributed by atoms with E-state index in [1.54, 1.807) is 24.3 Å². The number of hydrogen-bond acceptors (Lipinski definition) is 5. The zero-order valence-electron chi connectivity index (χ0n) is 10.4. The lowest BCUT2D eigenvalue weighted by Crippen LogP contribution is -2.45. The van der Waals surface area contributed by atoms with Gasteiger partial charge in [-0.05, 0) is 17.7 Å². The second kappa shape index (κ2) is 5.62. The SMILES string of the molecule is COC(=O)c1ccc(CN2C(=O)COCC2=O)cc1. The van der Waals surface area contributed by atoms with Gasteiger partial charge in [0.2, 0.25) is 0 Å². The van der Waals surface area contributed by atoms with Gasteiger partial charge in [0.25, 0.3) is 11.8 Å². The van der Waals surface area contributed by atoms with Crippen molar-refractivity contribution in [3.8, 4) is 0 Å². The molecule has 1 aliphatic heterocycles. The second-order valence-corrected chi connectivity index (χ2v) is 4.05. The zero-order valence-corrected chi connectivity index (χ0v) is 10.4. The van der Waals surface area contributed by atoms with Gasteiger partial charge in [0.1, 0.15) is 13.2 Å². The van der Waals surface area contributed by atoms with E-state index in [1.165, 1.54) is 7.11 Å². The molecule has 0 saturated carbocycles. The first kappa shape index (κ1) is 13.2. The Morgan fingerprint density at radius 3 is 2.32 bits per heavy atom. The second-order valence-electron chi connectivity index (χ2n) is 4.05. The van der Waals surface area contributed by atoms with Crippen LogP contribution in [-0.4, -0.2) is 43.0 Å². The van der Waals surface area contributed by atoms with Crippen LogP contribution in [0.25, 0.3) is 0 Å². The lowest BCUT2D eigenvalue weighted by Gasteiger charge is -2.24. The van der Waals surface area contributed by atoms with Crippen LogP contribution in [0.5, 0.6) is 0 Å². The first-order valence-electron chi connectivity index (χ1n) is 5.70. The third-order valence-electron chi connectivity index (χ3n) is 2.77. The van der Waals surface area contributed by atoms with E-state index in [0.717, 1.165) is 10.5 Å². The summed E-state index contributed by atoms with van der Waals surface area (Å²) in [5, 5.41) is 0. The molecule has 1 saturated heterocycles. The number of nitrogens with zero attached hydrogens (tertiary/aromatic N) is 1. The van der Waals surface area contributed by atoms with Gasteiger partial charge >= 0.3 is 5.97 Å². The topological polar surface area (TPSA) is 72.9 Å². The number of imide groups is 1. The fourth-order valence-corrected chi connectivity index (χ4v) is 1.74. The van der Waals surface area contributed by atoms with E-state index in [9.17, 15) is 14.4 Å². The summed E-state index contributed by atoms with van der Waals surface area (Å²) in [6.07, 6.45) is 0. The van der Waals surface area contributed by atoms with E-state index < -0.39 is 5.97 Å². The number of morpholine rings is 1. The molecule has 0 radical (unpaired) electrons. The molecule has 0 spiro atoms. The van der Waals surface area contributed by atoms with Gasteiger partial charge in [0, 0.05) is 0 Å². The third-order valence-corrected chi connectivity index (χ3v) is 2.77. The lowest BCUT2D eigenvalue weighted by atomic mass is 10.1. The predicted octanol–water partition coefficient (Wildman–Crippen LogP) is 0.359. The number of ether oxygens (including phenoxy) is 2. The van der Waals surface area contributed by atoms with Crippen LogP contribution >= 0.6 is 0 Å². The fraction of sp³-hybridized carbons (Fsp3) is 0.308. The van der Waals surface area contributed by atoms with E-state index in [0.29, 0.717) is 5.56 Å². The Labute approximate surface area is 109 Å². The van der Waals surface area contributed by atoms with Crippen LogP contribution in [0.2, 0.25) is 0 Å². The van der Waals surface area contributed by atoms with E-state index in [4.69, 9.17) is 4.74 Å². The Kier molecular flexibility index (Phi) is 3.91. The van der Waals surface area contributed by atoms with Crippen LogP contribution in [0.15, 0.2) is 24.3 Å². The number of rotatable bonds is 3. The molecule has 6 heteroatoms. The largest absolute Gasteiger partial charge is 0.465 e. The quantitative estimate of drug-likeness (QED) is 0.581. The molecule has 1 aromatic rings.